The lowest BCUT2D eigenvalue weighted by molar-refractivity contribution is -0.136. The minimum atomic E-state index is -3.91. The zero-order chi connectivity index (χ0) is 30.5. The van der Waals surface area contributed by atoms with Gasteiger partial charge in [-0.1, -0.05) is 55.1 Å². The maximum atomic E-state index is 14.0. The average molecular weight is 637 g/mol. The number of sulfonamides is 1. The quantitative estimate of drug-likeness (QED) is 0.249. The lowest BCUT2D eigenvalue weighted by atomic mass is 9.90. The number of nitrogens with zero attached hydrogens (tertiary/aromatic N) is 2. The maximum absolute atomic E-state index is 14.0. The van der Waals surface area contributed by atoms with Gasteiger partial charge in [0.15, 0.2) is 0 Å². The number of hydrogen-bond donors (Lipinski definition) is 0. The predicted molar refractivity (Wildman–Crippen MR) is 173 cm³/mol. The molecule has 6 rings (SSSR count). The number of rotatable bonds is 9. The van der Waals surface area contributed by atoms with Crippen LogP contribution in [0.25, 0.3) is 11.1 Å². The summed E-state index contributed by atoms with van der Waals surface area (Å²) in [4.78, 5) is 15.7. The van der Waals surface area contributed by atoms with Gasteiger partial charge in [0.2, 0.25) is 15.9 Å². The van der Waals surface area contributed by atoms with Crippen LogP contribution in [0.3, 0.4) is 0 Å². The van der Waals surface area contributed by atoms with E-state index in [4.69, 9.17) is 21.1 Å². The van der Waals surface area contributed by atoms with E-state index in [1.54, 1.807) is 29.2 Å². The van der Waals surface area contributed by atoms with Crippen LogP contribution < -0.4 is 9.47 Å². The van der Waals surface area contributed by atoms with Crippen molar-refractivity contribution in [1.29, 1.82) is 0 Å². The van der Waals surface area contributed by atoms with Crippen molar-refractivity contribution in [2.45, 2.75) is 74.8 Å². The third kappa shape index (κ3) is 7.24. The van der Waals surface area contributed by atoms with Crippen molar-refractivity contribution in [2.75, 3.05) is 26.2 Å². The Morgan fingerprint density at radius 3 is 2.02 bits per heavy atom. The van der Waals surface area contributed by atoms with Crippen molar-refractivity contribution in [3.8, 4) is 22.6 Å². The third-order valence-corrected chi connectivity index (χ3v) is 11.4. The van der Waals surface area contributed by atoms with Crippen LogP contribution in [0.2, 0.25) is 5.02 Å². The average Bonchev–Trinajstić information content (AvgIpc) is 3.60. The Bertz CT molecular complexity index is 1500. The summed E-state index contributed by atoms with van der Waals surface area (Å²) >= 11 is 6.03. The molecular weight excluding hydrogens is 596 g/mol. The number of carbonyl (C=O) groups excluding carboxylic acids is 1. The Kier molecular flexibility index (Phi) is 9.79. The Hall–Kier alpha value is -3.07. The van der Waals surface area contributed by atoms with Crippen LogP contribution in [0, 0.1) is 5.92 Å². The van der Waals surface area contributed by atoms with Gasteiger partial charge in [-0.25, -0.2) is 8.42 Å². The fourth-order valence-electron chi connectivity index (χ4n) is 6.65. The summed E-state index contributed by atoms with van der Waals surface area (Å²) < 4.78 is 41.7. The molecule has 3 aromatic rings. The lowest BCUT2D eigenvalue weighted by Gasteiger charge is -2.39. The summed E-state index contributed by atoms with van der Waals surface area (Å²) in [5, 5.41) is 0.691. The van der Waals surface area contributed by atoms with Gasteiger partial charge < -0.3 is 14.4 Å². The van der Waals surface area contributed by atoms with E-state index in [2.05, 4.69) is 0 Å². The molecule has 0 radical (unpaired) electrons. The molecule has 1 amide bonds. The Balaban J connectivity index is 1.14. The monoisotopic (exact) mass is 636 g/mol. The van der Waals surface area contributed by atoms with Crippen molar-refractivity contribution in [1.82, 2.24) is 9.21 Å². The van der Waals surface area contributed by atoms with Gasteiger partial charge in [0.05, 0.1) is 11.5 Å². The fraction of sp³-hybridized carbons (Fsp3) is 0.457. The van der Waals surface area contributed by atoms with Crippen LogP contribution in [-0.4, -0.2) is 61.9 Å². The third-order valence-electron chi connectivity index (χ3n) is 9.18. The van der Waals surface area contributed by atoms with Crippen molar-refractivity contribution in [2.24, 2.45) is 5.92 Å². The van der Waals surface area contributed by atoms with Crippen LogP contribution in [0.4, 0.5) is 0 Å². The minimum absolute atomic E-state index is 0.134. The highest BCUT2D eigenvalue weighted by molar-refractivity contribution is 7.89. The van der Waals surface area contributed by atoms with E-state index >= 15 is 0 Å². The van der Waals surface area contributed by atoms with Crippen LogP contribution in [-0.2, 0) is 14.8 Å². The predicted octanol–water partition coefficient (Wildman–Crippen LogP) is 7.19. The molecule has 2 heterocycles. The Morgan fingerprint density at radius 1 is 0.750 bits per heavy atom. The van der Waals surface area contributed by atoms with Crippen LogP contribution in [0.1, 0.15) is 57.8 Å². The molecule has 0 aromatic heterocycles. The van der Waals surface area contributed by atoms with Gasteiger partial charge in [-0.2, -0.15) is 4.31 Å². The number of ether oxygens (including phenoxy) is 2. The number of hydrogen-bond acceptors (Lipinski definition) is 5. The van der Waals surface area contributed by atoms with Gasteiger partial charge in [-0.15, -0.1) is 0 Å². The van der Waals surface area contributed by atoms with E-state index in [0.29, 0.717) is 55.0 Å². The second kappa shape index (κ2) is 13.9. The van der Waals surface area contributed by atoms with Gasteiger partial charge >= 0.3 is 0 Å². The number of carbonyl (C=O) groups is 1. The molecule has 1 aliphatic carbocycles. The zero-order valence-electron chi connectivity index (χ0n) is 25.1. The number of likely N-dealkylation sites (tertiary alicyclic amines) is 1. The molecule has 2 saturated heterocycles. The van der Waals surface area contributed by atoms with E-state index in [0.717, 1.165) is 24.0 Å². The highest BCUT2D eigenvalue weighted by Gasteiger charge is 2.43. The van der Waals surface area contributed by atoms with Crippen molar-refractivity contribution in [3.05, 3.63) is 77.8 Å². The molecule has 3 aliphatic rings. The topological polar surface area (TPSA) is 76.1 Å². The summed E-state index contributed by atoms with van der Waals surface area (Å²) in [5.74, 6) is 1.80. The zero-order valence-corrected chi connectivity index (χ0v) is 26.6. The van der Waals surface area contributed by atoms with Crippen molar-refractivity contribution in [3.63, 3.8) is 0 Å². The normalized spacial score (nSPS) is 21.7. The van der Waals surface area contributed by atoms with Crippen LogP contribution in [0.15, 0.2) is 77.7 Å². The van der Waals surface area contributed by atoms with Crippen LogP contribution in [0.5, 0.6) is 11.5 Å². The molecule has 7 nitrogen and oxygen atoms in total. The van der Waals surface area contributed by atoms with E-state index in [-0.39, 0.29) is 23.5 Å². The standard InChI is InChI=1S/C35H41ClN2O5S/c36-29-12-8-27(9-13-29)28-10-14-31(15-11-28)43-32-20-23-38(34(24-32)35(39)37-21-4-5-22-37)44(40,41)33-18-16-30(17-19-33)42-25-26-6-2-1-3-7-26/h8-19,26,32,34H,1-7,20-25H2/t32-,34+/m1/s1. The summed E-state index contributed by atoms with van der Waals surface area (Å²) in [6, 6.07) is 21.4. The lowest BCUT2D eigenvalue weighted by Crippen LogP contribution is -2.55. The molecule has 9 heteroatoms. The first kappa shape index (κ1) is 30.9. The summed E-state index contributed by atoms with van der Waals surface area (Å²) in [6.07, 6.45) is 8.56. The molecule has 44 heavy (non-hydrogen) atoms. The molecule has 3 fully saturated rings. The fourth-order valence-corrected chi connectivity index (χ4v) is 8.38. The number of halogens is 1. The molecule has 0 bridgehead atoms. The molecule has 0 N–H and O–H groups in total. The Morgan fingerprint density at radius 2 is 1.36 bits per heavy atom. The molecule has 1 saturated carbocycles. The van der Waals surface area contributed by atoms with Crippen molar-refractivity contribution < 1.29 is 22.7 Å². The molecule has 2 atom stereocenters. The van der Waals surface area contributed by atoms with Gasteiger partial charge in [0, 0.05) is 31.1 Å². The number of amides is 1. The van der Waals surface area contributed by atoms with E-state index in [1.807, 2.05) is 48.5 Å². The summed E-state index contributed by atoms with van der Waals surface area (Å²) in [5.41, 5.74) is 2.10. The molecule has 0 unspecified atom stereocenters. The molecule has 2 aliphatic heterocycles. The van der Waals surface area contributed by atoms with Gasteiger partial charge in [0.1, 0.15) is 23.6 Å². The van der Waals surface area contributed by atoms with Gasteiger partial charge in [-0.3, -0.25) is 4.79 Å². The first-order chi connectivity index (χ1) is 21.4. The molecular formula is C35H41ClN2O5S. The van der Waals surface area contributed by atoms with E-state index in [9.17, 15) is 13.2 Å². The second-order valence-corrected chi connectivity index (χ2v) is 14.6. The van der Waals surface area contributed by atoms with Gasteiger partial charge in [0.25, 0.3) is 0 Å². The number of benzene rings is 3. The highest BCUT2D eigenvalue weighted by Crippen LogP contribution is 2.32. The van der Waals surface area contributed by atoms with Crippen LogP contribution >= 0.6 is 11.6 Å². The van der Waals surface area contributed by atoms with Gasteiger partial charge in [-0.05, 0) is 97.7 Å². The first-order valence-corrected chi connectivity index (χ1v) is 17.7. The van der Waals surface area contributed by atoms with E-state index < -0.39 is 16.1 Å². The molecule has 0 spiro atoms. The largest absolute Gasteiger partial charge is 0.493 e. The van der Waals surface area contributed by atoms with Crippen molar-refractivity contribution >= 4 is 27.5 Å². The highest BCUT2D eigenvalue weighted by atomic mass is 35.5. The summed E-state index contributed by atoms with van der Waals surface area (Å²) in [6.45, 7) is 2.19. The maximum Gasteiger partial charge on any atom is 0.243 e. The second-order valence-electron chi connectivity index (χ2n) is 12.2. The first-order valence-electron chi connectivity index (χ1n) is 15.9. The SMILES string of the molecule is O=C([C@@H]1C[C@H](Oc2ccc(-c3ccc(Cl)cc3)cc2)CCN1S(=O)(=O)c1ccc(OCC2CCCCC2)cc1)N1CCCC1. The number of piperidine rings is 1. The minimum Gasteiger partial charge on any atom is -0.493 e. The summed E-state index contributed by atoms with van der Waals surface area (Å²) in [7, 11) is -3.91. The Labute approximate surface area is 266 Å². The van der Waals surface area contributed by atoms with E-state index in [1.165, 1.54) is 36.4 Å². The molecule has 234 valence electrons. The molecule has 3 aromatic carbocycles. The smallest absolute Gasteiger partial charge is 0.243 e.